The van der Waals surface area contributed by atoms with Crippen LogP contribution in [0.3, 0.4) is 0 Å². The van der Waals surface area contributed by atoms with Crippen LogP contribution in [0.5, 0.6) is 0 Å². The van der Waals surface area contributed by atoms with Gasteiger partial charge in [-0.2, -0.15) is 13.2 Å². The largest absolute Gasteiger partial charge is 0.391 e. The molecule has 3 rings (SSSR count). The molecule has 1 saturated heterocycles. The Morgan fingerprint density at radius 3 is 2.15 bits per heavy atom. The molecule has 27 heavy (non-hydrogen) atoms. The Labute approximate surface area is 158 Å². The first-order valence-corrected chi connectivity index (χ1v) is 9.73. The van der Waals surface area contributed by atoms with Crippen molar-refractivity contribution in [3.8, 4) is 0 Å². The van der Waals surface area contributed by atoms with E-state index in [-0.39, 0.29) is 18.7 Å². The van der Waals surface area contributed by atoms with E-state index in [2.05, 4.69) is 15.1 Å². The number of nitrogens with zero attached hydrogens (tertiary/aromatic N) is 2. The van der Waals surface area contributed by atoms with Crippen molar-refractivity contribution in [1.82, 2.24) is 4.90 Å². The molecule has 0 spiro atoms. The standard InChI is InChI=1S/C20H28F3N3O/c1-15(27)24-18-6-8-19(9-7-18)26-12-10-25(11-13-26)14-16-2-4-17(5-3-16)20(21,22)23/h6-9,16-17H,2-5,10-14H2,1H3,(H,24,27). The molecule has 150 valence electrons. The van der Waals surface area contributed by atoms with Gasteiger partial charge in [0.1, 0.15) is 0 Å². The number of halogens is 3. The summed E-state index contributed by atoms with van der Waals surface area (Å²) < 4.78 is 38.3. The summed E-state index contributed by atoms with van der Waals surface area (Å²) in [5.74, 6) is -0.779. The molecule has 2 fully saturated rings. The molecule has 4 nitrogen and oxygen atoms in total. The molecule has 1 aromatic carbocycles. The minimum absolute atomic E-state index is 0.0827. The topological polar surface area (TPSA) is 35.6 Å². The normalized spacial score (nSPS) is 24.7. The Hall–Kier alpha value is -1.76. The van der Waals surface area contributed by atoms with Crippen molar-refractivity contribution in [1.29, 1.82) is 0 Å². The average Bonchev–Trinajstić information content (AvgIpc) is 2.62. The van der Waals surface area contributed by atoms with E-state index in [0.717, 1.165) is 44.1 Å². The second-order valence-electron chi connectivity index (χ2n) is 7.77. The number of carbonyl (C=O) groups excluding carboxylic acids is 1. The molecule has 0 radical (unpaired) electrons. The van der Waals surface area contributed by atoms with Gasteiger partial charge in [-0.25, -0.2) is 0 Å². The second kappa shape index (κ2) is 8.50. The summed E-state index contributed by atoms with van der Waals surface area (Å²) in [6, 6.07) is 7.84. The van der Waals surface area contributed by atoms with Gasteiger partial charge in [0.2, 0.25) is 5.91 Å². The Morgan fingerprint density at radius 2 is 1.63 bits per heavy atom. The van der Waals surface area contributed by atoms with Crippen LogP contribution in [0, 0.1) is 11.8 Å². The lowest BCUT2D eigenvalue weighted by atomic mass is 9.81. The first-order chi connectivity index (χ1) is 12.8. The highest BCUT2D eigenvalue weighted by atomic mass is 19.4. The van der Waals surface area contributed by atoms with Gasteiger partial charge in [-0.05, 0) is 55.9 Å². The van der Waals surface area contributed by atoms with Crippen molar-refractivity contribution in [3.63, 3.8) is 0 Å². The molecule has 2 aliphatic rings. The third-order valence-electron chi connectivity index (χ3n) is 5.75. The number of hydrogen-bond donors (Lipinski definition) is 1. The van der Waals surface area contributed by atoms with Crippen LogP contribution in [0.2, 0.25) is 0 Å². The highest BCUT2D eigenvalue weighted by molar-refractivity contribution is 5.88. The lowest BCUT2D eigenvalue weighted by Gasteiger charge is -2.39. The van der Waals surface area contributed by atoms with E-state index >= 15 is 0 Å². The van der Waals surface area contributed by atoms with Crippen LogP contribution in [0.15, 0.2) is 24.3 Å². The third-order valence-corrected chi connectivity index (χ3v) is 5.75. The van der Waals surface area contributed by atoms with Gasteiger partial charge in [0, 0.05) is 51.0 Å². The molecular weight excluding hydrogens is 355 g/mol. The highest BCUT2D eigenvalue weighted by Gasteiger charge is 2.41. The SMILES string of the molecule is CC(=O)Nc1ccc(N2CCN(CC3CCC(C(F)(F)F)CC3)CC2)cc1. The van der Waals surface area contributed by atoms with Crippen molar-refractivity contribution < 1.29 is 18.0 Å². The minimum atomic E-state index is -4.02. The monoisotopic (exact) mass is 383 g/mol. The minimum Gasteiger partial charge on any atom is -0.369 e. The van der Waals surface area contributed by atoms with Crippen molar-refractivity contribution in [3.05, 3.63) is 24.3 Å². The highest BCUT2D eigenvalue weighted by Crippen LogP contribution is 2.39. The molecule has 0 unspecified atom stereocenters. The number of piperazine rings is 1. The molecule has 0 aromatic heterocycles. The molecule has 7 heteroatoms. The van der Waals surface area contributed by atoms with Crippen LogP contribution < -0.4 is 10.2 Å². The zero-order valence-electron chi connectivity index (χ0n) is 15.8. The van der Waals surface area contributed by atoms with E-state index in [1.54, 1.807) is 0 Å². The Balaban J connectivity index is 1.42. The maximum Gasteiger partial charge on any atom is 0.391 e. The maximum atomic E-state index is 12.8. The predicted molar refractivity (Wildman–Crippen MR) is 101 cm³/mol. The van der Waals surface area contributed by atoms with E-state index in [1.807, 2.05) is 24.3 Å². The van der Waals surface area contributed by atoms with Gasteiger partial charge >= 0.3 is 6.18 Å². The molecule has 1 saturated carbocycles. The fourth-order valence-corrected chi connectivity index (χ4v) is 4.18. The van der Waals surface area contributed by atoms with E-state index < -0.39 is 12.1 Å². The summed E-state index contributed by atoms with van der Waals surface area (Å²) >= 11 is 0. The van der Waals surface area contributed by atoms with Gasteiger partial charge in [0.25, 0.3) is 0 Å². The van der Waals surface area contributed by atoms with Crippen LogP contribution in [0.4, 0.5) is 24.5 Å². The van der Waals surface area contributed by atoms with E-state index in [0.29, 0.717) is 18.8 Å². The molecular formula is C20H28F3N3O. The Bertz CT molecular complexity index is 616. The van der Waals surface area contributed by atoms with Crippen LogP contribution in [0.25, 0.3) is 0 Å². The number of hydrogen-bond acceptors (Lipinski definition) is 3. The molecule has 1 N–H and O–H groups in total. The van der Waals surface area contributed by atoms with Crippen molar-refractivity contribution in [2.75, 3.05) is 42.9 Å². The van der Waals surface area contributed by atoms with E-state index in [4.69, 9.17) is 0 Å². The summed E-state index contributed by atoms with van der Waals surface area (Å²) in [6.07, 6.45) is -2.07. The number of carbonyl (C=O) groups is 1. The fraction of sp³-hybridized carbons (Fsp3) is 0.650. The summed E-state index contributed by atoms with van der Waals surface area (Å²) in [7, 11) is 0. The third kappa shape index (κ3) is 5.61. The predicted octanol–water partition coefficient (Wildman–Crippen LogP) is 4.14. The number of benzene rings is 1. The quantitative estimate of drug-likeness (QED) is 0.849. The van der Waals surface area contributed by atoms with Gasteiger partial charge in [0.05, 0.1) is 5.92 Å². The first-order valence-electron chi connectivity index (χ1n) is 9.73. The van der Waals surface area contributed by atoms with Crippen molar-refractivity contribution >= 4 is 17.3 Å². The maximum absolute atomic E-state index is 12.8. The zero-order chi connectivity index (χ0) is 19.4. The smallest absolute Gasteiger partial charge is 0.369 e. The molecule has 1 aromatic rings. The van der Waals surface area contributed by atoms with Gasteiger partial charge < -0.3 is 10.2 Å². The van der Waals surface area contributed by atoms with Crippen LogP contribution in [-0.4, -0.2) is 49.7 Å². The Kier molecular flexibility index (Phi) is 6.29. The number of alkyl halides is 3. The van der Waals surface area contributed by atoms with E-state index in [9.17, 15) is 18.0 Å². The van der Waals surface area contributed by atoms with Gasteiger partial charge in [-0.1, -0.05) is 0 Å². The van der Waals surface area contributed by atoms with Crippen molar-refractivity contribution in [2.45, 2.75) is 38.8 Å². The zero-order valence-corrected chi connectivity index (χ0v) is 15.8. The Morgan fingerprint density at radius 1 is 1.04 bits per heavy atom. The van der Waals surface area contributed by atoms with Gasteiger partial charge in [-0.3, -0.25) is 9.69 Å². The van der Waals surface area contributed by atoms with Crippen molar-refractivity contribution in [2.24, 2.45) is 11.8 Å². The average molecular weight is 383 g/mol. The lowest BCUT2D eigenvalue weighted by Crippen LogP contribution is -2.48. The molecule has 1 heterocycles. The van der Waals surface area contributed by atoms with Crippen LogP contribution in [-0.2, 0) is 4.79 Å². The second-order valence-corrected chi connectivity index (χ2v) is 7.77. The van der Waals surface area contributed by atoms with Crippen LogP contribution in [0.1, 0.15) is 32.6 Å². The molecule has 0 atom stereocenters. The number of nitrogens with one attached hydrogen (secondary N) is 1. The van der Waals surface area contributed by atoms with Gasteiger partial charge in [-0.15, -0.1) is 0 Å². The first kappa shape index (κ1) is 20.0. The number of amides is 1. The van der Waals surface area contributed by atoms with Gasteiger partial charge in [0.15, 0.2) is 0 Å². The number of anilines is 2. The fourth-order valence-electron chi connectivity index (χ4n) is 4.18. The summed E-state index contributed by atoms with van der Waals surface area (Å²) in [4.78, 5) is 15.8. The summed E-state index contributed by atoms with van der Waals surface area (Å²) in [5, 5.41) is 2.76. The molecule has 1 aliphatic carbocycles. The lowest BCUT2D eigenvalue weighted by molar-refractivity contribution is -0.184. The van der Waals surface area contributed by atoms with E-state index in [1.165, 1.54) is 6.92 Å². The number of rotatable bonds is 4. The summed E-state index contributed by atoms with van der Waals surface area (Å²) in [5.41, 5.74) is 1.92. The van der Waals surface area contributed by atoms with Crippen LogP contribution >= 0.6 is 0 Å². The molecule has 1 aliphatic heterocycles. The summed E-state index contributed by atoms with van der Waals surface area (Å²) in [6.45, 7) is 6.11. The molecule has 0 bridgehead atoms. The molecule has 1 amide bonds.